The molecule has 0 radical (unpaired) electrons. The van der Waals surface area contributed by atoms with E-state index < -0.39 is 17.4 Å². The second-order valence-electron chi connectivity index (χ2n) is 11.6. The number of carbonyl (C=O) groups excluding carboxylic acids is 2. The van der Waals surface area contributed by atoms with Crippen molar-refractivity contribution in [3.63, 3.8) is 0 Å². The van der Waals surface area contributed by atoms with Gasteiger partial charge in [-0.05, 0) is 74.9 Å². The summed E-state index contributed by atoms with van der Waals surface area (Å²) in [6.45, 7) is 20.1. The molecule has 0 aliphatic heterocycles. The normalized spacial score (nSPS) is 12.3. The van der Waals surface area contributed by atoms with Gasteiger partial charge in [0.25, 0.3) is 0 Å². The summed E-state index contributed by atoms with van der Waals surface area (Å²) in [5.41, 5.74) is 5.82. The van der Waals surface area contributed by atoms with Gasteiger partial charge in [-0.3, -0.25) is 0 Å². The van der Waals surface area contributed by atoms with Crippen molar-refractivity contribution >= 4 is 11.9 Å². The van der Waals surface area contributed by atoms with Crippen LogP contribution in [0.1, 0.15) is 74.9 Å². The van der Waals surface area contributed by atoms with E-state index in [0.29, 0.717) is 73.4 Å². The predicted molar refractivity (Wildman–Crippen MR) is 199 cm³/mol. The van der Waals surface area contributed by atoms with Crippen molar-refractivity contribution in [2.45, 2.75) is 59.8 Å². The lowest BCUT2D eigenvalue weighted by atomic mass is 9.66. The van der Waals surface area contributed by atoms with Gasteiger partial charge >= 0.3 is 11.9 Å². The van der Waals surface area contributed by atoms with Crippen LogP contribution in [0.5, 0.6) is 34.5 Å². The molecule has 0 unspecified atom stereocenters. The molecular weight excluding hydrogens is 644 g/mol. The molecule has 0 fully saturated rings. The van der Waals surface area contributed by atoms with E-state index in [9.17, 15) is 9.59 Å². The summed E-state index contributed by atoms with van der Waals surface area (Å²) < 4.78 is 37.6. The second-order valence-corrected chi connectivity index (χ2v) is 11.6. The van der Waals surface area contributed by atoms with Gasteiger partial charge in [-0.15, -0.1) is 0 Å². The zero-order valence-corrected chi connectivity index (χ0v) is 30.4. The summed E-state index contributed by atoms with van der Waals surface area (Å²) in [5.74, 6) is 1.25. The zero-order valence-electron chi connectivity index (χ0n) is 30.4. The standard InChI is InChI=1S/C43H46O8/c1-9-27-39(48-15-7)33(25-35(46-13-5)41(27)50-37(44)11-3)43(31-23-19-17-21-29(31)30-22-18-20-24-32(30)43)34-26-36(47-14-6)42(51-38(45)12-4)28(10-2)40(34)49-16-8/h11-12,17-26H,3-4,9-10,13-16H2,1-2,5-8H3. The number of esters is 2. The predicted octanol–water partition coefficient (Wildman–Crippen LogP) is 8.95. The first-order valence-corrected chi connectivity index (χ1v) is 17.6. The smallest absolute Gasteiger partial charge is 0.335 e. The molecule has 4 aromatic rings. The average Bonchev–Trinajstić information content (AvgIpc) is 3.44. The maximum atomic E-state index is 12.7. The second kappa shape index (κ2) is 16.0. The summed E-state index contributed by atoms with van der Waals surface area (Å²) in [6, 6.07) is 20.4. The highest BCUT2D eigenvalue weighted by atomic mass is 16.6. The Labute approximate surface area is 300 Å². The highest BCUT2D eigenvalue weighted by Crippen LogP contribution is 2.63. The first kappa shape index (κ1) is 36.8. The van der Waals surface area contributed by atoms with Crippen LogP contribution in [0.2, 0.25) is 0 Å². The Kier molecular flexibility index (Phi) is 11.6. The number of ether oxygens (including phenoxy) is 6. The SMILES string of the molecule is C=CC(=O)Oc1c(OCC)cc(C2(c3cc(OCC)c(OC(=O)C=C)c(CC)c3OCC)c3ccccc3-c3ccccc32)c(OCC)c1CC. The molecule has 4 aromatic carbocycles. The first-order chi connectivity index (χ1) is 24.8. The van der Waals surface area contributed by atoms with Crippen molar-refractivity contribution in [1.29, 1.82) is 0 Å². The molecule has 0 bridgehead atoms. The Balaban J connectivity index is 2.10. The van der Waals surface area contributed by atoms with E-state index in [0.717, 1.165) is 45.5 Å². The highest BCUT2D eigenvalue weighted by molar-refractivity contribution is 5.90. The topological polar surface area (TPSA) is 89.5 Å². The van der Waals surface area contributed by atoms with Gasteiger partial charge in [0.15, 0.2) is 23.0 Å². The van der Waals surface area contributed by atoms with Crippen LogP contribution >= 0.6 is 0 Å². The number of carbonyl (C=O) groups is 2. The number of benzene rings is 4. The Morgan fingerprint density at radius 2 is 0.922 bits per heavy atom. The van der Waals surface area contributed by atoms with Crippen molar-refractivity contribution in [2.24, 2.45) is 0 Å². The quantitative estimate of drug-likeness (QED) is 0.0576. The van der Waals surface area contributed by atoms with Crippen LogP contribution in [0.15, 0.2) is 86.0 Å². The monoisotopic (exact) mass is 690 g/mol. The van der Waals surface area contributed by atoms with Crippen LogP contribution in [0.3, 0.4) is 0 Å². The molecule has 0 atom stereocenters. The molecule has 0 aromatic heterocycles. The van der Waals surface area contributed by atoms with Gasteiger partial charge in [0.1, 0.15) is 11.5 Å². The molecule has 1 aliphatic carbocycles. The van der Waals surface area contributed by atoms with Gasteiger partial charge in [-0.2, -0.15) is 0 Å². The minimum absolute atomic E-state index is 0.284. The largest absolute Gasteiger partial charge is 0.493 e. The van der Waals surface area contributed by atoms with E-state index in [1.165, 1.54) is 0 Å². The lowest BCUT2D eigenvalue weighted by Gasteiger charge is -2.38. The summed E-state index contributed by atoms with van der Waals surface area (Å²) in [7, 11) is 0. The van der Waals surface area contributed by atoms with Crippen LogP contribution < -0.4 is 28.4 Å². The van der Waals surface area contributed by atoms with E-state index in [4.69, 9.17) is 28.4 Å². The van der Waals surface area contributed by atoms with Crippen LogP contribution in [0, 0.1) is 0 Å². The molecule has 0 heterocycles. The molecule has 51 heavy (non-hydrogen) atoms. The Morgan fingerprint density at radius 1 is 0.549 bits per heavy atom. The van der Waals surface area contributed by atoms with Gasteiger partial charge in [0, 0.05) is 34.4 Å². The molecule has 266 valence electrons. The van der Waals surface area contributed by atoms with Gasteiger partial charge in [0.05, 0.1) is 31.8 Å². The molecule has 8 nitrogen and oxygen atoms in total. The molecule has 0 amide bonds. The number of rotatable bonds is 16. The van der Waals surface area contributed by atoms with E-state index in [1.54, 1.807) is 0 Å². The molecule has 5 rings (SSSR count). The maximum absolute atomic E-state index is 12.7. The van der Waals surface area contributed by atoms with E-state index >= 15 is 0 Å². The van der Waals surface area contributed by atoms with E-state index in [1.807, 2.05) is 77.9 Å². The minimum Gasteiger partial charge on any atom is -0.493 e. The Bertz CT molecular complexity index is 1820. The van der Waals surface area contributed by atoms with Crippen LogP contribution in [-0.4, -0.2) is 38.4 Å². The lowest BCUT2D eigenvalue weighted by molar-refractivity contribution is -0.130. The fraction of sp³-hybridized carbons (Fsp3) is 0.302. The number of hydrogen-bond donors (Lipinski definition) is 0. The maximum Gasteiger partial charge on any atom is 0.335 e. The molecule has 0 saturated heterocycles. The third-order valence-electron chi connectivity index (χ3n) is 8.97. The third-order valence-corrected chi connectivity index (χ3v) is 8.97. The highest BCUT2D eigenvalue weighted by Gasteiger charge is 2.51. The molecule has 8 heteroatoms. The van der Waals surface area contributed by atoms with Crippen molar-refractivity contribution in [3.8, 4) is 45.6 Å². The van der Waals surface area contributed by atoms with E-state index in [2.05, 4.69) is 37.4 Å². The molecule has 0 N–H and O–H groups in total. The molecule has 1 aliphatic rings. The van der Waals surface area contributed by atoms with Gasteiger partial charge in [-0.25, -0.2) is 9.59 Å². The van der Waals surface area contributed by atoms with Crippen LogP contribution in [0.25, 0.3) is 11.1 Å². The fourth-order valence-corrected chi connectivity index (χ4v) is 7.17. The zero-order chi connectivity index (χ0) is 36.7. The van der Waals surface area contributed by atoms with Gasteiger partial charge in [0.2, 0.25) is 0 Å². The number of hydrogen-bond acceptors (Lipinski definition) is 8. The summed E-state index contributed by atoms with van der Waals surface area (Å²) in [6.07, 6.45) is 3.18. The summed E-state index contributed by atoms with van der Waals surface area (Å²) in [5, 5.41) is 0. The molecule has 0 spiro atoms. The van der Waals surface area contributed by atoms with Crippen LogP contribution in [-0.2, 0) is 27.8 Å². The lowest BCUT2D eigenvalue weighted by Crippen LogP contribution is -2.31. The minimum atomic E-state index is -1.09. The first-order valence-electron chi connectivity index (χ1n) is 17.6. The summed E-state index contributed by atoms with van der Waals surface area (Å²) in [4.78, 5) is 25.5. The molecule has 0 saturated carbocycles. The van der Waals surface area contributed by atoms with Gasteiger partial charge in [-0.1, -0.05) is 75.5 Å². The van der Waals surface area contributed by atoms with Crippen molar-refractivity contribution < 1.29 is 38.0 Å². The number of fused-ring (bicyclic) bond motifs is 3. The van der Waals surface area contributed by atoms with Gasteiger partial charge < -0.3 is 28.4 Å². The third kappa shape index (κ3) is 6.35. The average molecular weight is 691 g/mol. The van der Waals surface area contributed by atoms with E-state index in [-0.39, 0.29) is 11.5 Å². The van der Waals surface area contributed by atoms with Crippen LogP contribution in [0.4, 0.5) is 0 Å². The molecular formula is C43H46O8. The van der Waals surface area contributed by atoms with Crippen molar-refractivity contribution in [2.75, 3.05) is 26.4 Å². The fourth-order valence-electron chi connectivity index (χ4n) is 7.17. The Morgan fingerprint density at radius 3 is 1.25 bits per heavy atom. The summed E-state index contributed by atoms with van der Waals surface area (Å²) >= 11 is 0. The van der Waals surface area contributed by atoms with Crippen molar-refractivity contribution in [3.05, 3.63) is 119 Å². The Hall–Kier alpha value is -5.50. The van der Waals surface area contributed by atoms with Crippen molar-refractivity contribution in [1.82, 2.24) is 0 Å².